The minimum absolute atomic E-state index is 0.106. The fourth-order valence-electron chi connectivity index (χ4n) is 4.57. The van der Waals surface area contributed by atoms with Crippen molar-refractivity contribution in [2.24, 2.45) is 5.92 Å². The van der Waals surface area contributed by atoms with Crippen molar-refractivity contribution in [3.63, 3.8) is 0 Å². The van der Waals surface area contributed by atoms with Crippen LogP contribution in [0.5, 0.6) is 0 Å². The highest BCUT2D eigenvalue weighted by Gasteiger charge is 2.45. The standard InChI is InChI=1S/C25H46O3/c1-2-3-4-5-6-7-8-9-10-11-12-13-17-20-23-24(28-23)25(26)27-21-22-18-15-14-16-19-22/h22-24H,2-21H2,1H3. The predicted octanol–water partition coefficient (Wildman–Crippen LogP) is 7.36. The van der Waals surface area contributed by atoms with Gasteiger partial charge in [-0.3, -0.25) is 0 Å². The van der Waals surface area contributed by atoms with Crippen LogP contribution in [0.1, 0.15) is 129 Å². The molecule has 0 aromatic carbocycles. The Bertz CT molecular complexity index is 389. The van der Waals surface area contributed by atoms with Gasteiger partial charge in [-0.25, -0.2) is 4.79 Å². The molecule has 3 nitrogen and oxygen atoms in total. The van der Waals surface area contributed by atoms with Gasteiger partial charge in [-0.15, -0.1) is 0 Å². The molecule has 0 aromatic heterocycles. The molecular formula is C25H46O3. The van der Waals surface area contributed by atoms with E-state index < -0.39 is 0 Å². The molecule has 2 rings (SSSR count). The normalized spacial score (nSPS) is 22.3. The molecule has 1 saturated carbocycles. The lowest BCUT2D eigenvalue weighted by atomic mass is 9.90. The Morgan fingerprint density at radius 3 is 1.89 bits per heavy atom. The third-order valence-corrected chi connectivity index (χ3v) is 6.59. The highest BCUT2D eigenvalue weighted by molar-refractivity contribution is 5.77. The number of hydrogen-bond donors (Lipinski definition) is 0. The van der Waals surface area contributed by atoms with Gasteiger partial charge in [0.25, 0.3) is 0 Å². The molecule has 1 aliphatic heterocycles. The number of carbonyl (C=O) groups is 1. The summed E-state index contributed by atoms with van der Waals surface area (Å²) < 4.78 is 11.0. The van der Waals surface area contributed by atoms with Crippen LogP contribution in [0.4, 0.5) is 0 Å². The van der Waals surface area contributed by atoms with Gasteiger partial charge < -0.3 is 9.47 Å². The van der Waals surface area contributed by atoms with Gasteiger partial charge in [0.15, 0.2) is 6.10 Å². The summed E-state index contributed by atoms with van der Waals surface area (Å²) in [4.78, 5) is 12.0. The number of unbranched alkanes of at least 4 members (excludes halogenated alkanes) is 12. The zero-order valence-corrected chi connectivity index (χ0v) is 18.6. The van der Waals surface area contributed by atoms with Crippen LogP contribution < -0.4 is 0 Å². The van der Waals surface area contributed by atoms with Crippen LogP contribution >= 0.6 is 0 Å². The van der Waals surface area contributed by atoms with E-state index in [1.54, 1.807) is 0 Å². The Hall–Kier alpha value is -0.570. The second kappa shape index (κ2) is 15.3. The predicted molar refractivity (Wildman–Crippen MR) is 117 cm³/mol. The number of hydrogen-bond acceptors (Lipinski definition) is 3. The molecule has 2 aliphatic rings. The van der Waals surface area contributed by atoms with Gasteiger partial charge in [0, 0.05) is 0 Å². The molecule has 1 aliphatic carbocycles. The molecular weight excluding hydrogens is 348 g/mol. The van der Waals surface area contributed by atoms with Crippen LogP contribution in [0, 0.1) is 5.92 Å². The summed E-state index contributed by atoms with van der Waals surface area (Å²) in [7, 11) is 0. The SMILES string of the molecule is CCCCCCCCCCCCCCCC1OC1C(=O)OCC1CCCCC1. The van der Waals surface area contributed by atoms with Crippen LogP contribution in [0.15, 0.2) is 0 Å². The average molecular weight is 395 g/mol. The molecule has 3 heteroatoms. The monoisotopic (exact) mass is 394 g/mol. The van der Waals surface area contributed by atoms with Crippen LogP contribution in [-0.2, 0) is 14.3 Å². The first-order chi connectivity index (χ1) is 13.8. The molecule has 1 saturated heterocycles. The fourth-order valence-corrected chi connectivity index (χ4v) is 4.57. The van der Waals surface area contributed by atoms with Crippen molar-refractivity contribution in [1.29, 1.82) is 0 Å². The summed E-state index contributed by atoms with van der Waals surface area (Å²) in [5, 5.41) is 0. The maximum atomic E-state index is 12.0. The minimum Gasteiger partial charge on any atom is -0.463 e. The molecule has 2 unspecified atom stereocenters. The van der Waals surface area contributed by atoms with E-state index in [1.165, 1.54) is 116 Å². The summed E-state index contributed by atoms with van der Waals surface area (Å²) >= 11 is 0. The largest absolute Gasteiger partial charge is 0.463 e. The molecule has 1 heterocycles. The van der Waals surface area contributed by atoms with Crippen LogP contribution in [0.3, 0.4) is 0 Å². The van der Waals surface area contributed by atoms with Gasteiger partial charge in [-0.05, 0) is 25.2 Å². The lowest BCUT2D eigenvalue weighted by Crippen LogP contribution is -2.20. The van der Waals surface area contributed by atoms with E-state index >= 15 is 0 Å². The van der Waals surface area contributed by atoms with E-state index in [0.29, 0.717) is 12.5 Å². The maximum absolute atomic E-state index is 12.0. The van der Waals surface area contributed by atoms with Gasteiger partial charge in [-0.2, -0.15) is 0 Å². The summed E-state index contributed by atoms with van der Waals surface area (Å²) in [6.45, 7) is 2.90. The van der Waals surface area contributed by atoms with E-state index in [1.807, 2.05) is 0 Å². The molecule has 28 heavy (non-hydrogen) atoms. The Balaban J connectivity index is 1.31. The molecule has 164 valence electrons. The summed E-state index contributed by atoms with van der Waals surface area (Å²) in [6, 6.07) is 0. The third kappa shape index (κ3) is 10.8. The van der Waals surface area contributed by atoms with Crippen molar-refractivity contribution < 1.29 is 14.3 Å². The lowest BCUT2D eigenvalue weighted by Gasteiger charge is -2.20. The maximum Gasteiger partial charge on any atom is 0.338 e. The van der Waals surface area contributed by atoms with Crippen molar-refractivity contribution in [3.8, 4) is 0 Å². The Morgan fingerprint density at radius 2 is 1.32 bits per heavy atom. The Labute approximate surface area is 174 Å². The highest BCUT2D eigenvalue weighted by Crippen LogP contribution is 2.30. The zero-order valence-electron chi connectivity index (χ0n) is 18.6. The van der Waals surface area contributed by atoms with Crippen LogP contribution in [-0.4, -0.2) is 24.8 Å². The van der Waals surface area contributed by atoms with Gasteiger partial charge in [-0.1, -0.05) is 110 Å². The quantitative estimate of drug-likeness (QED) is 0.147. The average Bonchev–Trinajstić information content (AvgIpc) is 3.50. The molecule has 0 N–H and O–H groups in total. The molecule has 0 amide bonds. The van der Waals surface area contributed by atoms with Crippen molar-refractivity contribution in [1.82, 2.24) is 0 Å². The van der Waals surface area contributed by atoms with Crippen LogP contribution in [0.25, 0.3) is 0 Å². The number of rotatable bonds is 17. The zero-order chi connectivity index (χ0) is 19.9. The second-order valence-corrected chi connectivity index (χ2v) is 9.26. The number of carbonyl (C=O) groups excluding carboxylic acids is 1. The van der Waals surface area contributed by atoms with E-state index in [2.05, 4.69) is 6.92 Å². The van der Waals surface area contributed by atoms with Crippen molar-refractivity contribution in [3.05, 3.63) is 0 Å². The smallest absolute Gasteiger partial charge is 0.338 e. The number of epoxide rings is 1. The van der Waals surface area contributed by atoms with Gasteiger partial charge in [0.05, 0.1) is 12.7 Å². The summed E-state index contributed by atoms with van der Waals surface area (Å²) in [5.41, 5.74) is 0. The van der Waals surface area contributed by atoms with Crippen molar-refractivity contribution in [2.45, 2.75) is 141 Å². The van der Waals surface area contributed by atoms with Gasteiger partial charge in [0.1, 0.15) is 0 Å². The first kappa shape index (κ1) is 23.7. The first-order valence-corrected chi connectivity index (χ1v) is 12.6. The Morgan fingerprint density at radius 1 is 0.786 bits per heavy atom. The summed E-state index contributed by atoms with van der Waals surface area (Å²) in [5.74, 6) is 0.487. The number of esters is 1. The third-order valence-electron chi connectivity index (χ3n) is 6.59. The topological polar surface area (TPSA) is 38.8 Å². The fraction of sp³-hybridized carbons (Fsp3) is 0.960. The molecule has 2 atom stereocenters. The minimum atomic E-state index is -0.249. The van der Waals surface area contributed by atoms with Crippen molar-refractivity contribution >= 4 is 5.97 Å². The van der Waals surface area contributed by atoms with E-state index in [0.717, 1.165) is 6.42 Å². The van der Waals surface area contributed by atoms with E-state index in [4.69, 9.17) is 9.47 Å². The first-order valence-electron chi connectivity index (χ1n) is 12.6. The molecule has 0 radical (unpaired) electrons. The van der Waals surface area contributed by atoms with E-state index in [9.17, 15) is 4.79 Å². The molecule has 2 fully saturated rings. The molecule has 0 spiro atoms. The van der Waals surface area contributed by atoms with Crippen LogP contribution in [0.2, 0.25) is 0 Å². The van der Waals surface area contributed by atoms with Gasteiger partial charge >= 0.3 is 5.97 Å². The summed E-state index contributed by atoms with van der Waals surface area (Å²) in [6.07, 6.45) is 25.2. The van der Waals surface area contributed by atoms with E-state index in [-0.39, 0.29) is 18.2 Å². The highest BCUT2D eigenvalue weighted by atomic mass is 16.6. The Kier molecular flexibility index (Phi) is 12.9. The molecule has 0 bridgehead atoms. The second-order valence-electron chi connectivity index (χ2n) is 9.26. The number of ether oxygens (including phenoxy) is 2. The lowest BCUT2D eigenvalue weighted by molar-refractivity contribution is -0.146. The van der Waals surface area contributed by atoms with Crippen molar-refractivity contribution in [2.75, 3.05) is 6.61 Å². The molecule has 0 aromatic rings. The van der Waals surface area contributed by atoms with Gasteiger partial charge in [0.2, 0.25) is 0 Å².